The van der Waals surface area contributed by atoms with Gasteiger partial charge in [-0.2, -0.15) is 0 Å². The molecule has 0 atom stereocenters. The van der Waals surface area contributed by atoms with Gasteiger partial charge in [0.15, 0.2) is 0 Å². The van der Waals surface area contributed by atoms with Gasteiger partial charge in [0.25, 0.3) is 5.91 Å². The maximum Gasteiger partial charge on any atom is 0.337 e. The van der Waals surface area contributed by atoms with Gasteiger partial charge < -0.3 is 15.4 Å². The zero-order valence-electron chi connectivity index (χ0n) is 15.7. The van der Waals surface area contributed by atoms with Gasteiger partial charge in [0.05, 0.1) is 18.2 Å². The number of nitrogens with zero attached hydrogens (tertiary/aromatic N) is 2. The van der Waals surface area contributed by atoms with Crippen LogP contribution in [0.1, 0.15) is 26.3 Å². The Balaban J connectivity index is 1.54. The van der Waals surface area contributed by atoms with Crippen LogP contribution in [0.5, 0.6) is 0 Å². The number of hydrogen-bond acceptors (Lipinski definition) is 6. The average Bonchev–Trinajstić information content (AvgIpc) is 2.75. The van der Waals surface area contributed by atoms with E-state index in [1.807, 2.05) is 0 Å². The topological polar surface area (TPSA) is 93.2 Å². The minimum atomic E-state index is -0.486. The lowest BCUT2D eigenvalue weighted by Crippen LogP contribution is -2.14. The van der Waals surface area contributed by atoms with Crippen LogP contribution in [0.3, 0.4) is 0 Å². The van der Waals surface area contributed by atoms with Crippen molar-refractivity contribution in [2.24, 2.45) is 0 Å². The summed E-state index contributed by atoms with van der Waals surface area (Å²) in [5.41, 5.74) is 2.06. The second kappa shape index (κ2) is 9.41. The first kappa shape index (κ1) is 19.9. The van der Waals surface area contributed by atoms with E-state index < -0.39 is 11.9 Å². The Kier molecular flexibility index (Phi) is 6.47. The van der Waals surface area contributed by atoms with E-state index in [1.165, 1.54) is 37.7 Å². The number of hydrogen-bond donors (Lipinski definition) is 2. The van der Waals surface area contributed by atoms with Gasteiger partial charge in [-0.05, 0) is 42.3 Å². The largest absolute Gasteiger partial charge is 0.465 e. The highest BCUT2D eigenvalue weighted by atomic mass is 19.1. The van der Waals surface area contributed by atoms with Crippen LogP contribution in [0.15, 0.2) is 60.9 Å². The van der Waals surface area contributed by atoms with Gasteiger partial charge >= 0.3 is 5.97 Å². The second-order valence-corrected chi connectivity index (χ2v) is 6.13. The average molecular weight is 394 g/mol. The smallest absolute Gasteiger partial charge is 0.337 e. The molecule has 8 heteroatoms. The van der Waals surface area contributed by atoms with Gasteiger partial charge in [-0.25, -0.2) is 19.2 Å². The molecule has 29 heavy (non-hydrogen) atoms. The molecule has 0 radical (unpaired) electrons. The van der Waals surface area contributed by atoms with Gasteiger partial charge in [0.2, 0.25) is 5.95 Å². The molecule has 0 aliphatic carbocycles. The maximum absolute atomic E-state index is 12.9. The number of nitrogens with one attached hydrogen (secondary N) is 2. The van der Waals surface area contributed by atoms with Crippen molar-refractivity contribution >= 4 is 23.5 Å². The fraction of sp³-hybridized carbons (Fsp3) is 0.143. The first-order valence-corrected chi connectivity index (χ1v) is 8.85. The summed E-state index contributed by atoms with van der Waals surface area (Å²) in [4.78, 5) is 32.2. The number of ether oxygens (including phenoxy) is 1. The Morgan fingerprint density at radius 1 is 1.03 bits per heavy atom. The van der Waals surface area contributed by atoms with Crippen LogP contribution >= 0.6 is 0 Å². The standard InChI is InChI=1S/C21H19FN4O3/c1-29-20(28)15-3-2-4-18(11-15)26-19(27)16-12-24-21(25-13-16)23-10-9-14-5-7-17(22)8-6-14/h2-8,11-13H,9-10H2,1H3,(H,26,27)(H,23,24,25). The van der Waals surface area contributed by atoms with Crippen LogP contribution in [0.25, 0.3) is 0 Å². The second-order valence-electron chi connectivity index (χ2n) is 6.13. The SMILES string of the molecule is COC(=O)c1cccc(NC(=O)c2cnc(NCCc3ccc(F)cc3)nc2)c1. The summed E-state index contributed by atoms with van der Waals surface area (Å²) >= 11 is 0. The summed E-state index contributed by atoms with van der Waals surface area (Å²) in [6.07, 6.45) is 3.50. The Labute approximate surface area is 167 Å². The highest BCUT2D eigenvalue weighted by Gasteiger charge is 2.10. The Morgan fingerprint density at radius 3 is 2.45 bits per heavy atom. The highest BCUT2D eigenvalue weighted by molar-refractivity contribution is 6.04. The molecule has 2 aromatic carbocycles. The number of rotatable bonds is 7. The molecule has 1 amide bonds. The predicted octanol–water partition coefficient (Wildman–Crippen LogP) is 3.31. The molecule has 7 nitrogen and oxygen atoms in total. The van der Waals surface area contributed by atoms with E-state index in [4.69, 9.17) is 0 Å². The number of carbonyl (C=O) groups is 2. The van der Waals surface area contributed by atoms with Crippen LogP contribution in [0.2, 0.25) is 0 Å². The van der Waals surface area contributed by atoms with Crippen LogP contribution < -0.4 is 10.6 Å². The maximum atomic E-state index is 12.9. The van der Waals surface area contributed by atoms with Crippen LogP contribution in [0.4, 0.5) is 16.0 Å². The van der Waals surface area contributed by atoms with Gasteiger partial charge in [0, 0.05) is 24.6 Å². The van der Waals surface area contributed by atoms with Crippen molar-refractivity contribution in [3.8, 4) is 0 Å². The van der Waals surface area contributed by atoms with Gasteiger partial charge in [-0.3, -0.25) is 4.79 Å². The summed E-state index contributed by atoms with van der Waals surface area (Å²) in [6, 6.07) is 12.7. The Morgan fingerprint density at radius 2 is 1.76 bits per heavy atom. The lowest BCUT2D eigenvalue weighted by molar-refractivity contribution is 0.0600. The molecule has 0 aliphatic heterocycles. The summed E-state index contributed by atoms with van der Waals surface area (Å²) in [7, 11) is 1.29. The molecule has 0 fully saturated rings. The number of carbonyl (C=O) groups excluding carboxylic acids is 2. The van der Waals surface area contributed by atoms with Crippen molar-refractivity contribution in [3.05, 3.63) is 83.4 Å². The highest BCUT2D eigenvalue weighted by Crippen LogP contribution is 2.13. The summed E-state index contributed by atoms with van der Waals surface area (Å²) in [6.45, 7) is 0.567. The van der Waals surface area contributed by atoms with E-state index in [2.05, 4.69) is 25.3 Å². The first-order chi connectivity index (χ1) is 14.0. The lowest BCUT2D eigenvalue weighted by Gasteiger charge is -2.08. The molecule has 0 bridgehead atoms. The molecule has 0 saturated carbocycles. The van der Waals surface area contributed by atoms with E-state index in [-0.39, 0.29) is 11.4 Å². The van der Waals surface area contributed by atoms with Crippen molar-refractivity contribution in [1.82, 2.24) is 9.97 Å². The van der Waals surface area contributed by atoms with Gasteiger partial charge in [-0.1, -0.05) is 18.2 Å². The third kappa shape index (κ3) is 5.58. The molecule has 0 unspecified atom stereocenters. The fourth-order valence-electron chi connectivity index (χ4n) is 2.55. The van der Waals surface area contributed by atoms with E-state index in [1.54, 1.807) is 30.3 Å². The zero-order valence-corrected chi connectivity index (χ0v) is 15.7. The zero-order chi connectivity index (χ0) is 20.6. The lowest BCUT2D eigenvalue weighted by atomic mass is 10.1. The molecule has 148 valence electrons. The third-order valence-corrected chi connectivity index (χ3v) is 4.07. The quantitative estimate of drug-likeness (QED) is 0.597. The predicted molar refractivity (Wildman–Crippen MR) is 106 cm³/mol. The number of anilines is 2. The molecule has 3 rings (SSSR count). The van der Waals surface area contributed by atoms with Crippen LogP contribution in [-0.2, 0) is 11.2 Å². The van der Waals surface area contributed by atoms with Gasteiger partial charge in [-0.15, -0.1) is 0 Å². The molecule has 3 aromatic rings. The van der Waals surface area contributed by atoms with Crippen molar-refractivity contribution in [3.63, 3.8) is 0 Å². The van der Waals surface area contributed by atoms with Crippen molar-refractivity contribution in [2.75, 3.05) is 24.3 Å². The summed E-state index contributed by atoms with van der Waals surface area (Å²) < 4.78 is 17.6. The molecular weight excluding hydrogens is 375 g/mol. The van der Waals surface area contributed by atoms with Gasteiger partial charge in [0.1, 0.15) is 5.82 Å². The van der Waals surface area contributed by atoms with Crippen molar-refractivity contribution in [1.29, 1.82) is 0 Å². The molecule has 1 heterocycles. The van der Waals surface area contributed by atoms with E-state index in [0.29, 0.717) is 30.2 Å². The Hall–Kier alpha value is -3.81. The minimum Gasteiger partial charge on any atom is -0.465 e. The first-order valence-electron chi connectivity index (χ1n) is 8.85. The van der Waals surface area contributed by atoms with Crippen molar-refractivity contribution in [2.45, 2.75) is 6.42 Å². The van der Waals surface area contributed by atoms with E-state index >= 15 is 0 Å². The number of aromatic nitrogens is 2. The van der Waals surface area contributed by atoms with E-state index in [0.717, 1.165) is 5.56 Å². The normalized spacial score (nSPS) is 10.3. The molecule has 2 N–H and O–H groups in total. The monoisotopic (exact) mass is 394 g/mol. The summed E-state index contributed by atoms with van der Waals surface area (Å²) in [5.74, 6) is -0.766. The number of methoxy groups -OCH3 is 1. The summed E-state index contributed by atoms with van der Waals surface area (Å²) in [5, 5.41) is 5.74. The number of amides is 1. The molecule has 0 aliphatic rings. The van der Waals surface area contributed by atoms with Crippen LogP contribution in [-0.4, -0.2) is 35.5 Å². The number of benzene rings is 2. The van der Waals surface area contributed by atoms with Crippen molar-refractivity contribution < 1.29 is 18.7 Å². The molecule has 1 aromatic heterocycles. The minimum absolute atomic E-state index is 0.268. The molecular formula is C21H19FN4O3. The Bertz CT molecular complexity index is 992. The fourth-order valence-corrected chi connectivity index (χ4v) is 2.55. The number of esters is 1. The molecule has 0 saturated heterocycles. The van der Waals surface area contributed by atoms with Crippen LogP contribution in [0, 0.1) is 5.82 Å². The third-order valence-electron chi connectivity index (χ3n) is 4.07. The molecule has 0 spiro atoms. The van der Waals surface area contributed by atoms with E-state index in [9.17, 15) is 14.0 Å². The number of halogens is 1.